The number of aromatic nitrogens is 2. The number of esters is 1. The van der Waals surface area contributed by atoms with Crippen LogP contribution in [0.1, 0.15) is 27.7 Å². The fourth-order valence-corrected chi connectivity index (χ4v) is 3.51. The maximum atomic E-state index is 12.9. The van der Waals surface area contributed by atoms with E-state index in [0.29, 0.717) is 32.0 Å². The molecule has 0 atom stereocenters. The van der Waals surface area contributed by atoms with Gasteiger partial charge >= 0.3 is 5.97 Å². The number of thiophene rings is 1. The van der Waals surface area contributed by atoms with E-state index >= 15 is 0 Å². The number of halogens is 1. The SMILES string of the molecule is CCOC(=O)c1sc2ncnc(NNC(=O)/C=C/c3ccc(F)cc3)c2c1C. The molecule has 28 heavy (non-hydrogen) atoms. The summed E-state index contributed by atoms with van der Waals surface area (Å²) in [6.45, 7) is 3.79. The number of aryl methyl sites for hydroxylation is 1. The normalized spacial score (nSPS) is 11.0. The lowest BCUT2D eigenvalue weighted by Crippen LogP contribution is -2.28. The second kappa shape index (κ2) is 8.57. The van der Waals surface area contributed by atoms with Crippen molar-refractivity contribution in [2.75, 3.05) is 12.0 Å². The minimum atomic E-state index is -0.422. The molecule has 0 aliphatic rings. The van der Waals surface area contributed by atoms with Crippen LogP contribution in [0.4, 0.5) is 10.2 Å². The maximum Gasteiger partial charge on any atom is 0.348 e. The molecule has 7 nitrogen and oxygen atoms in total. The van der Waals surface area contributed by atoms with Gasteiger partial charge in [-0.15, -0.1) is 11.3 Å². The van der Waals surface area contributed by atoms with Crippen LogP contribution in [0.5, 0.6) is 0 Å². The molecule has 2 aromatic heterocycles. The predicted molar refractivity (Wildman–Crippen MR) is 105 cm³/mol. The number of fused-ring (bicyclic) bond motifs is 1. The zero-order valence-corrected chi connectivity index (χ0v) is 16.0. The molecule has 1 aromatic carbocycles. The summed E-state index contributed by atoms with van der Waals surface area (Å²) >= 11 is 1.21. The third-order valence-electron chi connectivity index (χ3n) is 3.79. The van der Waals surface area contributed by atoms with E-state index in [1.165, 1.54) is 35.9 Å². The van der Waals surface area contributed by atoms with Crippen molar-refractivity contribution in [2.45, 2.75) is 13.8 Å². The van der Waals surface area contributed by atoms with E-state index in [9.17, 15) is 14.0 Å². The Bertz CT molecular complexity index is 1050. The summed E-state index contributed by atoms with van der Waals surface area (Å²) in [6, 6.07) is 5.75. The first-order valence-corrected chi connectivity index (χ1v) is 9.22. The highest BCUT2D eigenvalue weighted by Crippen LogP contribution is 2.33. The molecule has 0 saturated heterocycles. The van der Waals surface area contributed by atoms with Gasteiger partial charge in [0.05, 0.1) is 12.0 Å². The quantitative estimate of drug-likeness (QED) is 0.374. The summed E-state index contributed by atoms with van der Waals surface area (Å²) in [4.78, 5) is 33.5. The number of nitrogens with one attached hydrogen (secondary N) is 2. The lowest BCUT2D eigenvalue weighted by molar-refractivity contribution is -0.116. The number of nitrogens with zero attached hydrogens (tertiary/aromatic N) is 2. The zero-order valence-electron chi connectivity index (χ0n) is 15.2. The Morgan fingerprint density at radius 2 is 2.00 bits per heavy atom. The Morgan fingerprint density at radius 3 is 2.71 bits per heavy atom. The smallest absolute Gasteiger partial charge is 0.348 e. The first-order valence-electron chi connectivity index (χ1n) is 8.40. The molecule has 3 aromatic rings. The molecule has 0 aliphatic carbocycles. The van der Waals surface area contributed by atoms with Crippen LogP contribution in [-0.2, 0) is 9.53 Å². The van der Waals surface area contributed by atoms with Crippen molar-refractivity contribution in [1.82, 2.24) is 15.4 Å². The molecular formula is C19H17FN4O3S. The van der Waals surface area contributed by atoms with Gasteiger partial charge in [0.2, 0.25) is 0 Å². The number of ether oxygens (including phenoxy) is 1. The predicted octanol–water partition coefficient (Wildman–Crippen LogP) is 3.47. The molecule has 0 fully saturated rings. The number of benzene rings is 1. The molecule has 0 radical (unpaired) electrons. The van der Waals surface area contributed by atoms with Crippen LogP contribution in [0.25, 0.3) is 16.3 Å². The molecule has 0 bridgehead atoms. The molecule has 1 amide bonds. The molecule has 0 spiro atoms. The summed E-state index contributed by atoms with van der Waals surface area (Å²) < 4.78 is 18.0. The minimum Gasteiger partial charge on any atom is -0.462 e. The van der Waals surface area contributed by atoms with Crippen molar-refractivity contribution < 1.29 is 18.7 Å². The van der Waals surface area contributed by atoms with Crippen molar-refractivity contribution >= 4 is 45.3 Å². The monoisotopic (exact) mass is 400 g/mol. The number of carbonyl (C=O) groups excluding carboxylic acids is 2. The third kappa shape index (κ3) is 4.32. The fourth-order valence-electron chi connectivity index (χ4n) is 2.47. The number of hydrogen-bond donors (Lipinski definition) is 2. The first kappa shape index (κ1) is 19.4. The van der Waals surface area contributed by atoms with E-state index < -0.39 is 11.9 Å². The van der Waals surface area contributed by atoms with Crippen molar-refractivity contribution in [3.8, 4) is 0 Å². The highest BCUT2D eigenvalue weighted by Gasteiger charge is 2.20. The summed E-state index contributed by atoms with van der Waals surface area (Å²) in [6.07, 6.45) is 4.21. The van der Waals surface area contributed by atoms with Crippen LogP contribution in [0.15, 0.2) is 36.7 Å². The lowest BCUT2D eigenvalue weighted by Gasteiger charge is -2.07. The average Bonchev–Trinajstić information content (AvgIpc) is 3.03. The van der Waals surface area contributed by atoms with Gasteiger partial charge in [0.1, 0.15) is 21.9 Å². The lowest BCUT2D eigenvalue weighted by atomic mass is 10.2. The average molecular weight is 400 g/mol. The van der Waals surface area contributed by atoms with Crippen LogP contribution in [-0.4, -0.2) is 28.5 Å². The van der Waals surface area contributed by atoms with Crippen LogP contribution in [0.3, 0.4) is 0 Å². The van der Waals surface area contributed by atoms with Crippen LogP contribution < -0.4 is 10.9 Å². The summed E-state index contributed by atoms with van der Waals surface area (Å²) in [7, 11) is 0. The molecule has 0 saturated carbocycles. The molecular weight excluding hydrogens is 383 g/mol. The van der Waals surface area contributed by atoms with Crippen molar-refractivity contribution in [2.24, 2.45) is 0 Å². The Balaban J connectivity index is 1.74. The summed E-state index contributed by atoms with van der Waals surface area (Å²) in [5, 5.41) is 0.637. The van der Waals surface area contributed by atoms with Crippen molar-refractivity contribution in [3.05, 3.63) is 58.5 Å². The fraction of sp³-hybridized carbons (Fsp3) is 0.158. The Kier molecular flexibility index (Phi) is 5.95. The van der Waals surface area contributed by atoms with E-state index in [-0.39, 0.29) is 12.4 Å². The number of carbonyl (C=O) groups is 2. The third-order valence-corrected chi connectivity index (χ3v) is 4.97. The maximum absolute atomic E-state index is 12.9. The number of anilines is 1. The highest BCUT2D eigenvalue weighted by atomic mass is 32.1. The highest BCUT2D eigenvalue weighted by molar-refractivity contribution is 7.20. The first-order chi connectivity index (χ1) is 13.5. The molecule has 0 unspecified atom stereocenters. The molecule has 3 rings (SSSR count). The van der Waals surface area contributed by atoms with Crippen molar-refractivity contribution in [3.63, 3.8) is 0 Å². The van der Waals surface area contributed by atoms with Gasteiger partial charge in [-0.3, -0.25) is 15.6 Å². The van der Waals surface area contributed by atoms with Gasteiger partial charge in [0.15, 0.2) is 5.82 Å². The van der Waals surface area contributed by atoms with Crippen molar-refractivity contribution in [1.29, 1.82) is 0 Å². The van der Waals surface area contributed by atoms with Gasteiger partial charge in [-0.1, -0.05) is 12.1 Å². The van der Waals surface area contributed by atoms with E-state index in [4.69, 9.17) is 4.74 Å². The van der Waals surface area contributed by atoms with E-state index in [2.05, 4.69) is 20.8 Å². The molecule has 144 valence electrons. The molecule has 9 heteroatoms. The molecule has 2 heterocycles. The molecule has 0 aliphatic heterocycles. The largest absolute Gasteiger partial charge is 0.462 e. The molecule has 2 N–H and O–H groups in total. The van der Waals surface area contributed by atoms with Crippen LogP contribution in [0, 0.1) is 12.7 Å². The number of hydrazine groups is 1. The van der Waals surface area contributed by atoms with Crippen LogP contribution in [0.2, 0.25) is 0 Å². The van der Waals surface area contributed by atoms with Crippen LogP contribution >= 0.6 is 11.3 Å². The Hall–Kier alpha value is -3.33. The van der Waals surface area contributed by atoms with E-state index in [1.54, 1.807) is 32.1 Å². The van der Waals surface area contributed by atoms with E-state index in [1.807, 2.05) is 0 Å². The van der Waals surface area contributed by atoms with Gasteiger partial charge in [0, 0.05) is 6.08 Å². The Morgan fingerprint density at radius 1 is 1.25 bits per heavy atom. The summed E-state index contributed by atoms with van der Waals surface area (Å²) in [5.74, 6) is -0.808. The minimum absolute atomic E-state index is 0.278. The topological polar surface area (TPSA) is 93.2 Å². The van der Waals surface area contributed by atoms with Gasteiger partial charge in [-0.2, -0.15) is 0 Å². The van der Waals surface area contributed by atoms with Gasteiger partial charge in [-0.25, -0.2) is 19.2 Å². The second-order valence-corrected chi connectivity index (χ2v) is 6.68. The number of hydrogen-bond acceptors (Lipinski definition) is 7. The number of amides is 1. The van der Waals surface area contributed by atoms with E-state index in [0.717, 1.165) is 0 Å². The second-order valence-electron chi connectivity index (χ2n) is 5.68. The number of rotatable bonds is 6. The van der Waals surface area contributed by atoms with Gasteiger partial charge in [-0.05, 0) is 43.2 Å². The standard InChI is InChI=1S/C19H17FN4O3S/c1-3-27-19(26)16-11(2)15-17(21-10-22-18(15)28-16)24-23-14(25)9-6-12-4-7-13(20)8-5-12/h4-10H,3H2,1-2H3,(H,23,25)(H,21,22,24)/b9-6+. The Labute approximate surface area is 164 Å². The van der Waals surface area contributed by atoms with Gasteiger partial charge < -0.3 is 4.74 Å². The zero-order chi connectivity index (χ0) is 20.1. The van der Waals surface area contributed by atoms with Gasteiger partial charge in [0.25, 0.3) is 5.91 Å². The summed E-state index contributed by atoms with van der Waals surface area (Å²) in [5.41, 5.74) is 6.63.